The van der Waals surface area contributed by atoms with Crippen LogP contribution in [0.25, 0.3) is 0 Å². The summed E-state index contributed by atoms with van der Waals surface area (Å²) in [5.41, 5.74) is 10.5. The number of carbonyl (C=O) groups excluding carboxylic acids is 5. The fourth-order valence-corrected chi connectivity index (χ4v) is 3.28. The molecule has 0 aliphatic heterocycles. The van der Waals surface area contributed by atoms with E-state index in [0.29, 0.717) is 0 Å². The number of benzene rings is 1. The maximum atomic E-state index is 12.9. The molecule has 1 aromatic carbocycles. The smallest absolute Gasteiger partial charge is 0.328 e. The lowest BCUT2D eigenvalue weighted by Gasteiger charge is -2.21. The van der Waals surface area contributed by atoms with Gasteiger partial charge < -0.3 is 52.8 Å². The third-order valence-corrected chi connectivity index (χ3v) is 5.20. The van der Waals surface area contributed by atoms with Crippen LogP contribution in [0.3, 0.4) is 0 Å². The van der Waals surface area contributed by atoms with Crippen LogP contribution in [0.2, 0.25) is 0 Å². The van der Waals surface area contributed by atoms with Crippen molar-refractivity contribution in [2.75, 3.05) is 19.7 Å². The average molecular weight is 596 g/mol. The highest BCUT2D eigenvalue weighted by atomic mass is 16.5. The highest BCUT2D eigenvalue weighted by Crippen LogP contribution is 2.18. The molecule has 0 saturated heterocycles. The number of nitrogens with zero attached hydrogens (tertiary/aromatic N) is 1. The van der Waals surface area contributed by atoms with Gasteiger partial charge in [0.15, 0.2) is 5.96 Å². The molecule has 0 bridgehead atoms. The monoisotopic (exact) mass is 595 g/mol. The van der Waals surface area contributed by atoms with E-state index in [4.69, 9.17) is 31.5 Å². The van der Waals surface area contributed by atoms with E-state index in [1.54, 1.807) is 0 Å². The van der Waals surface area contributed by atoms with Gasteiger partial charge in [0.2, 0.25) is 17.7 Å². The first-order valence-electron chi connectivity index (χ1n) is 12.3. The van der Waals surface area contributed by atoms with E-state index in [2.05, 4.69) is 20.9 Å². The fourth-order valence-electron chi connectivity index (χ4n) is 3.28. The standard InChI is InChI=1S/C24H33N7O11/c1-12(33)42-17-7-3-2-5-13(17)20(37)30-14(6-4-8-27-24(25)26)21(38)28-10-18(34)29-15(9-19(35)36)22(39)31-16(11-32)23(40)41/h2-3,5,7,14-16,32H,4,6,8-11H2,1H3,(H,28,38)(H,29,34)(H,30,37)(H,31,39)(H,35,36)(H,40,41)(H4,25,26,27)/t14-,15-,16-/m0/s1. The molecule has 0 aliphatic carbocycles. The minimum atomic E-state index is -1.75. The Kier molecular flexibility index (Phi) is 14.4. The van der Waals surface area contributed by atoms with Crippen LogP contribution >= 0.6 is 0 Å². The van der Waals surface area contributed by atoms with Crippen molar-refractivity contribution >= 4 is 47.5 Å². The van der Waals surface area contributed by atoms with Gasteiger partial charge in [-0.25, -0.2) is 4.79 Å². The predicted octanol–water partition coefficient (Wildman–Crippen LogP) is -3.60. The first-order chi connectivity index (χ1) is 19.7. The van der Waals surface area contributed by atoms with Crippen LogP contribution in [0.1, 0.15) is 36.5 Å². The quantitative estimate of drug-likeness (QED) is 0.0277. The van der Waals surface area contributed by atoms with Crippen molar-refractivity contribution in [1.29, 1.82) is 0 Å². The summed E-state index contributed by atoms with van der Waals surface area (Å²) in [6.07, 6.45) is -0.730. The molecule has 0 aromatic heterocycles. The Morgan fingerprint density at radius 1 is 0.929 bits per heavy atom. The molecule has 4 amide bonds. The number of aliphatic hydroxyl groups excluding tert-OH is 1. The lowest BCUT2D eigenvalue weighted by atomic mass is 10.1. The largest absolute Gasteiger partial charge is 0.481 e. The Bertz CT molecular complexity index is 1200. The average Bonchev–Trinajstić information content (AvgIpc) is 2.90. The van der Waals surface area contributed by atoms with Gasteiger partial charge in [0.05, 0.1) is 25.1 Å². The summed E-state index contributed by atoms with van der Waals surface area (Å²) in [4.78, 5) is 88.0. The third kappa shape index (κ3) is 12.7. The molecule has 1 rings (SSSR count). The normalized spacial score (nSPS) is 12.4. The Balaban J connectivity index is 2.97. The van der Waals surface area contributed by atoms with Crippen LogP contribution in [0, 0.1) is 0 Å². The van der Waals surface area contributed by atoms with Crippen LogP contribution in [-0.4, -0.2) is 101 Å². The van der Waals surface area contributed by atoms with Crippen LogP contribution in [-0.2, 0) is 28.8 Å². The fraction of sp³-hybridized carbons (Fsp3) is 0.417. The summed E-state index contributed by atoms with van der Waals surface area (Å²) in [7, 11) is 0. The van der Waals surface area contributed by atoms with Crippen molar-refractivity contribution in [3.05, 3.63) is 29.8 Å². The lowest BCUT2D eigenvalue weighted by Crippen LogP contribution is -2.55. The molecule has 0 saturated carbocycles. The number of hydrogen-bond acceptors (Lipinski definition) is 10. The molecule has 3 atom stereocenters. The number of aliphatic carboxylic acids is 2. The molecule has 230 valence electrons. The van der Waals surface area contributed by atoms with Crippen molar-refractivity contribution in [2.45, 2.75) is 44.3 Å². The minimum absolute atomic E-state index is 0.00646. The number of para-hydroxylation sites is 1. The number of nitrogens with one attached hydrogen (secondary N) is 4. The number of ether oxygens (including phenoxy) is 1. The second-order valence-corrected chi connectivity index (χ2v) is 8.58. The summed E-state index contributed by atoms with van der Waals surface area (Å²) in [6, 6.07) is 1.02. The maximum Gasteiger partial charge on any atom is 0.328 e. The number of carbonyl (C=O) groups is 7. The van der Waals surface area contributed by atoms with E-state index in [9.17, 15) is 33.6 Å². The summed E-state index contributed by atoms with van der Waals surface area (Å²) >= 11 is 0. The number of esters is 1. The Morgan fingerprint density at radius 2 is 1.60 bits per heavy atom. The van der Waals surface area contributed by atoms with Gasteiger partial charge in [0, 0.05) is 13.5 Å². The van der Waals surface area contributed by atoms with Gasteiger partial charge in [0.1, 0.15) is 23.9 Å². The minimum Gasteiger partial charge on any atom is -0.481 e. The van der Waals surface area contributed by atoms with Crippen molar-refractivity contribution in [3.8, 4) is 5.75 Å². The lowest BCUT2D eigenvalue weighted by molar-refractivity contribution is -0.144. The SMILES string of the molecule is CC(=O)Oc1ccccc1C(=O)N[C@@H](CCCN=C(N)N)C(=O)NCC(=O)N[C@@H](CC(=O)O)C(=O)N[C@@H](CO)C(=O)O. The molecule has 18 nitrogen and oxygen atoms in total. The number of amides is 4. The molecule has 0 radical (unpaired) electrons. The van der Waals surface area contributed by atoms with E-state index in [-0.39, 0.29) is 36.7 Å². The number of rotatable bonds is 17. The third-order valence-electron chi connectivity index (χ3n) is 5.20. The number of aliphatic imine (C=N–C) groups is 1. The summed E-state index contributed by atoms with van der Waals surface area (Å²) in [5, 5.41) is 35.8. The topological polar surface area (TPSA) is 302 Å². The van der Waals surface area contributed by atoms with Crippen molar-refractivity contribution in [2.24, 2.45) is 16.5 Å². The summed E-state index contributed by atoms with van der Waals surface area (Å²) in [6.45, 7) is -0.521. The molecular formula is C24H33N7O11. The molecule has 18 heteroatoms. The first-order valence-corrected chi connectivity index (χ1v) is 12.3. The molecule has 0 unspecified atom stereocenters. The molecule has 0 heterocycles. The highest BCUT2D eigenvalue weighted by molar-refractivity contribution is 6.00. The number of guanidine groups is 1. The van der Waals surface area contributed by atoms with Gasteiger partial charge in [-0.1, -0.05) is 12.1 Å². The molecular weight excluding hydrogens is 562 g/mol. The number of hydrogen-bond donors (Lipinski definition) is 9. The van der Waals surface area contributed by atoms with Crippen LogP contribution in [0.4, 0.5) is 0 Å². The van der Waals surface area contributed by atoms with Gasteiger partial charge >= 0.3 is 17.9 Å². The Labute approximate surface area is 238 Å². The van der Waals surface area contributed by atoms with Gasteiger partial charge in [-0.3, -0.25) is 33.8 Å². The van der Waals surface area contributed by atoms with Crippen LogP contribution in [0.15, 0.2) is 29.3 Å². The van der Waals surface area contributed by atoms with Crippen LogP contribution in [0.5, 0.6) is 5.75 Å². The molecule has 1 aromatic rings. The second-order valence-electron chi connectivity index (χ2n) is 8.58. The molecule has 0 fully saturated rings. The van der Waals surface area contributed by atoms with E-state index in [1.807, 2.05) is 5.32 Å². The molecule has 0 aliphatic rings. The molecule has 0 spiro atoms. The maximum absolute atomic E-state index is 12.9. The van der Waals surface area contributed by atoms with E-state index in [0.717, 1.165) is 6.92 Å². The van der Waals surface area contributed by atoms with Crippen LogP contribution < -0.4 is 37.5 Å². The van der Waals surface area contributed by atoms with E-state index < -0.39 is 79.2 Å². The van der Waals surface area contributed by atoms with Gasteiger partial charge in [-0.15, -0.1) is 0 Å². The van der Waals surface area contributed by atoms with E-state index >= 15 is 0 Å². The van der Waals surface area contributed by atoms with Crippen molar-refractivity contribution in [1.82, 2.24) is 21.3 Å². The van der Waals surface area contributed by atoms with Gasteiger partial charge in [0.25, 0.3) is 5.91 Å². The zero-order valence-electron chi connectivity index (χ0n) is 22.5. The zero-order chi connectivity index (χ0) is 31.8. The second kappa shape index (κ2) is 17.4. The number of aliphatic hydroxyl groups is 1. The number of carboxylic acids is 2. The number of nitrogens with two attached hydrogens (primary N) is 2. The van der Waals surface area contributed by atoms with Gasteiger partial charge in [-0.05, 0) is 25.0 Å². The predicted molar refractivity (Wildman–Crippen MR) is 143 cm³/mol. The van der Waals surface area contributed by atoms with Gasteiger partial charge in [-0.2, -0.15) is 0 Å². The molecule has 11 N–H and O–H groups in total. The Hall–Kier alpha value is -5.26. The zero-order valence-corrected chi connectivity index (χ0v) is 22.5. The van der Waals surface area contributed by atoms with E-state index in [1.165, 1.54) is 24.3 Å². The first kappa shape index (κ1) is 34.8. The Morgan fingerprint density at radius 3 is 2.17 bits per heavy atom. The van der Waals surface area contributed by atoms with Crippen molar-refractivity contribution in [3.63, 3.8) is 0 Å². The summed E-state index contributed by atoms with van der Waals surface area (Å²) in [5.74, 6) is -7.89. The summed E-state index contributed by atoms with van der Waals surface area (Å²) < 4.78 is 5.02. The highest BCUT2D eigenvalue weighted by Gasteiger charge is 2.29. The number of carboxylic acid groups (broad SMARTS) is 2. The molecule has 42 heavy (non-hydrogen) atoms. The van der Waals surface area contributed by atoms with Crippen molar-refractivity contribution < 1.29 is 53.6 Å².